The predicted octanol–water partition coefficient (Wildman–Crippen LogP) is 2.03. The third-order valence-corrected chi connectivity index (χ3v) is 9.25. The van der Waals surface area contributed by atoms with Crippen molar-refractivity contribution in [2.75, 3.05) is 14.2 Å². The first-order valence-corrected chi connectivity index (χ1v) is 10.4. The van der Waals surface area contributed by atoms with Crippen molar-refractivity contribution in [2.45, 2.75) is 23.0 Å². The summed E-state index contributed by atoms with van der Waals surface area (Å²) in [5.74, 6) is -1.51. The Balaban J connectivity index is 1.91. The molecule has 0 aromatic heterocycles. The van der Waals surface area contributed by atoms with Crippen LogP contribution in [0.15, 0.2) is 30.3 Å². The molecule has 130 valence electrons. The molecule has 3 saturated carbocycles. The van der Waals surface area contributed by atoms with Crippen molar-refractivity contribution in [1.29, 1.82) is 0 Å². The maximum absolute atomic E-state index is 12.4. The van der Waals surface area contributed by atoms with Crippen LogP contribution in [-0.4, -0.2) is 46.5 Å². The molecule has 3 fully saturated rings. The van der Waals surface area contributed by atoms with E-state index in [0.29, 0.717) is 0 Å². The van der Waals surface area contributed by atoms with E-state index in [0.717, 1.165) is 12.8 Å². The van der Waals surface area contributed by atoms with Crippen molar-refractivity contribution in [3.63, 3.8) is 0 Å². The Morgan fingerprint density at radius 3 is 2.12 bits per heavy atom. The summed E-state index contributed by atoms with van der Waals surface area (Å²) in [6, 6.07) is 10.3. The maximum atomic E-state index is 12.4. The summed E-state index contributed by atoms with van der Waals surface area (Å²) in [5, 5.41) is -0.103. The van der Waals surface area contributed by atoms with Crippen LogP contribution in [0.1, 0.15) is 12.8 Å². The van der Waals surface area contributed by atoms with Gasteiger partial charge < -0.3 is 0 Å². The number of fused-ring (bicyclic) bond motifs is 3. The van der Waals surface area contributed by atoms with Crippen LogP contribution in [0.5, 0.6) is 0 Å². The normalized spacial score (nSPS) is 34.6. The van der Waals surface area contributed by atoms with E-state index in [2.05, 4.69) is 12.1 Å². The SMILES string of the molecule is COC(=O)[C@@H]1[C@@H]2CC[C@@H]([C@@H]([Se]c3ccccc3)[C@@H]2Cl)[C@@H]1C(=O)OC. The van der Waals surface area contributed by atoms with Crippen LogP contribution in [0.2, 0.25) is 4.82 Å². The molecule has 3 aliphatic carbocycles. The van der Waals surface area contributed by atoms with Gasteiger partial charge in [-0.05, 0) is 0 Å². The number of rotatable bonds is 4. The number of hydrogen-bond acceptors (Lipinski definition) is 4. The molecule has 6 heteroatoms. The minimum atomic E-state index is -0.480. The van der Waals surface area contributed by atoms with E-state index < -0.39 is 11.8 Å². The number of benzene rings is 1. The third-order valence-electron chi connectivity index (χ3n) is 5.25. The number of carbonyl (C=O) groups is 2. The van der Waals surface area contributed by atoms with E-state index in [1.165, 1.54) is 18.7 Å². The van der Waals surface area contributed by atoms with Gasteiger partial charge in [-0.2, -0.15) is 0 Å². The Morgan fingerprint density at radius 2 is 1.54 bits per heavy atom. The van der Waals surface area contributed by atoms with Gasteiger partial charge in [0.1, 0.15) is 0 Å². The average Bonchev–Trinajstić information content (AvgIpc) is 2.63. The first-order valence-electron chi connectivity index (χ1n) is 8.10. The summed E-state index contributed by atoms with van der Waals surface area (Å²) in [7, 11) is 2.75. The van der Waals surface area contributed by atoms with Crippen molar-refractivity contribution >= 4 is 43.0 Å². The number of methoxy groups -OCH3 is 2. The molecule has 3 aliphatic rings. The van der Waals surface area contributed by atoms with Crippen molar-refractivity contribution in [3.8, 4) is 0 Å². The van der Waals surface area contributed by atoms with Gasteiger partial charge in [0.25, 0.3) is 0 Å². The van der Waals surface area contributed by atoms with E-state index in [4.69, 9.17) is 21.1 Å². The van der Waals surface area contributed by atoms with Crippen LogP contribution in [0.25, 0.3) is 0 Å². The molecule has 0 saturated heterocycles. The van der Waals surface area contributed by atoms with Crippen LogP contribution >= 0.6 is 11.6 Å². The Hall–Kier alpha value is -1.03. The van der Waals surface area contributed by atoms with Gasteiger partial charge in [-0.1, -0.05) is 0 Å². The molecule has 0 aliphatic heterocycles. The molecule has 0 radical (unpaired) electrons. The zero-order valence-electron chi connectivity index (χ0n) is 13.7. The molecular formula is C18H21ClO4Se. The Kier molecular flexibility index (Phi) is 5.53. The zero-order valence-corrected chi connectivity index (χ0v) is 16.2. The monoisotopic (exact) mass is 416 g/mol. The number of alkyl halides is 1. The molecule has 1 aromatic carbocycles. The molecule has 4 nitrogen and oxygen atoms in total. The second-order valence-corrected chi connectivity index (χ2v) is 9.47. The summed E-state index contributed by atoms with van der Waals surface area (Å²) in [4.78, 5) is 25.0. The third kappa shape index (κ3) is 3.10. The molecule has 0 spiro atoms. The van der Waals surface area contributed by atoms with Gasteiger partial charge in [0.15, 0.2) is 0 Å². The molecule has 0 unspecified atom stereocenters. The number of esters is 2. The standard InChI is InChI=1S/C18H21ClO4Se/c1-22-17(20)13-11-8-9-12(14(13)18(21)23-2)16(15(11)19)24-10-6-4-3-5-7-10/h3-7,11-16H,8-9H2,1-2H3/t11-,12+,13+,14-,15+,16+/m0/s1. The zero-order chi connectivity index (χ0) is 17.3. The van der Waals surface area contributed by atoms with Crippen LogP contribution < -0.4 is 4.46 Å². The van der Waals surface area contributed by atoms with E-state index in [9.17, 15) is 9.59 Å². The van der Waals surface area contributed by atoms with Crippen LogP contribution in [-0.2, 0) is 19.1 Å². The molecule has 0 amide bonds. The molecule has 4 rings (SSSR count). The van der Waals surface area contributed by atoms with Crippen molar-refractivity contribution in [2.24, 2.45) is 23.7 Å². The van der Waals surface area contributed by atoms with E-state index >= 15 is 0 Å². The molecular weight excluding hydrogens is 395 g/mol. The van der Waals surface area contributed by atoms with Gasteiger partial charge in [-0.3, -0.25) is 0 Å². The van der Waals surface area contributed by atoms with Gasteiger partial charge in [0, 0.05) is 0 Å². The summed E-state index contributed by atoms with van der Waals surface area (Å²) >= 11 is 6.95. The van der Waals surface area contributed by atoms with Crippen molar-refractivity contribution in [3.05, 3.63) is 30.3 Å². The number of carbonyl (C=O) groups excluding carboxylic acids is 2. The number of halogens is 1. The van der Waals surface area contributed by atoms with E-state index in [1.54, 1.807) is 0 Å². The van der Waals surface area contributed by atoms with E-state index in [1.807, 2.05) is 18.2 Å². The first-order chi connectivity index (χ1) is 11.6. The van der Waals surface area contributed by atoms with Gasteiger partial charge >= 0.3 is 153 Å². The quantitative estimate of drug-likeness (QED) is 0.429. The molecule has 6 atom stereocenters. The minimum absolute atomic E-state index is 0.0243. The van der Waals surface area contributed by atoms with Crippen LogP contribution in [0.4, 0.5) is 0 Å². The summed E-state index contributed by atoms with van der Waals surface area (Å²) in [5.41, 5.74) is 0. The van der Waals surface area contributed by atoms with Crippen molar-refractivity contribution < 1.29 is 19.1 Å². The van der Waals surface area contributed by atoms with Crippen molar-refractivity contribution in [1.82, 2.24) is 0 Å². The summed E-state index contributed by atoms with van der Waals surface area (Å²) in [6.45, 7) is 0. The average molecular weight is 416 g/mol. The Bertz CT molecular complexity index is 608. The molecule has 0 heterocycles. The Labute approximate surface area is 153 Å². The fraction of sp³-hybridized carbons (Fsp3) is 0.556. The van der Waals surface area contributed by atoms with Gasteiger partial charge in [-0.25, -0.2) is 0 Å². The summed E-state index contributed by atoms with van der Waals surface area (Å²) < 4.78 is 11.3. The molecule has 0 N–H and O–H groups in total. The summed E-state index contributed by atoms with van der Waals surface area (Å²) in [6.07, 6.45) is 1.79. The topological polar surface area (TPSA) is 52.6 Å². The molecule has 2 bridgehead atoms. The van der Waals surface area contributed by atoms with Crippen LogP contribution in [0, 0.1) is 23.7 Å². The molecule has 24 heavy (non-hydrogen) atoms. The van der Waals surface area contributed by atoms with E-state index in [-0.39, 0.29) is 48.9 Å². The number of ether oxygens (including phenoxy) is 2. The van der Waals surface area contributed by atoms with Gasteiger partial charge in [-0.15, -0.1) is 0 Å². The van der Waals surface area contributed by atoms with Crippen LogP contribution in [0.3, 0.4) is 0 Å². The van der Waals surface area contributed by atoms with Gasteiger partial charge in [0.05, 0.1) is 0 Å². The first kappa shape index (κ1) is 17.8. The Morgan fingerprint density at radius 1 is 1.00 bits per heavy atom. The second-order valence-electron chi connectivity index (χ2n) is 6.34. The molecule has 1 aromatic rings. The van der Waals surface area contributed by atoms with Gasteiger partial charge in [0.2, 0.25) is 0 Å². The predicted molar refractivity (Wildman–Crippen MR) is 92.4 cm³/mol. The number of hydrogen-bond donors (Lipinski definition) is 0. The fourth-order valence-electron chi connectivity index (χ4n) is 4.21. The fourth-order valence-corrected chi connectivity index (χ4v) is 7.97. The second kappa shape index (κ2) is 7.47.